The van der Waals surface area contributed by atoms with E-state index in [1.165, 1.54) is 5.56 Å². The second-order valence-electron chi connectivity index (χ2n) is 7.83. The number of nitrogens with one attached hydrogen (secondary N) is 1. The number of benzene rings is 1. The van der Waals surface area contributed by atoms with Crippen LogP contribution in [0.15, 0.2) is 24.3 Å². The molecule has 0 heterocycles. The van der Waals surface area contributed by atoms with Gasteiger partial charge in [0.25, 0.3) is 5.91 Å². The molecule has 3 rings (SSSR count). The highest BCUT2D eigenvalue weighted by atomic mass is 16.5. The third kappa shape index (κ3) is 4.32. The first kappa shape index (κ1) is 18.6. The van der Waals surface area contributed by atoms with Crippen molar-refractivity contribution < 1.29 is 19.1 Å². The maximum atomic E-state index is 12.3. The van der Waals surface area contributed by atoms with Gasteiger partial charge in [0.15, 0.2) is 6.61 Å². The Balaban J connectivity index is 1.47. The molecule has 2 aliphatic carbocycles. The fourth-order valence-corrected chi connectivity index (χ4v) is 4.08. The number of carbonyl (C=O) groups excluding carboxylic acids is 3. The van der Waals surface area contributed by atoms with Crippen molar-refractivity contribution in [3.63, 3.8) is 0 Å². The standard InChI is InChI=1S/C21H27NO4/c1-13(2)14-6-8-18(9-7-14)22-19(23)12-26-21(25)17-10-15-4-3-5-16(11-17)20(15)24/h6-9,13,15-17H,3-5,10-12H2,1-2H3,(H,22,23)/t15-,16-/m1/s1. The van der Waals surface area contributed by atoms with E-state index in [1.54, 1.807) is 0 Å². The van der Waals surface area contributed by atoms with Crippen LogP contribution in [-0.4, -0.2) is 24.3 Å². The Morgan fingerprint density at radius 3 is 2.31 bits per heavy atom. The second-order valence-corrected chi connectivity index (χ2v) is 7.83. The summed E-state index contributed by atoms with van der Waals surface area (Å²) in [7, 11) is 0. The van der Waals surface area contributed by atoms with E-state index in [-0.39, 0.29) is 36.2 Å². The Hall–Kier alpha value is -2.17. The van der Waals surface area contributed by atoms with Crippen LogP contribution in [0, 0.1) is 17.8 Å². The van der Waals surface area contributed by atoms with Crippen molar-refractivity contribution in [3.05, 3.63) is 29.8 Å². The average Bonchev–Trinajstić information content (AvgIpc) is 2.60. The molecule has 0 unspecified atom stereocenters. The summed E-state index contributed by atoms with van der Waals surface area (Å²) in [4.78, 5) is 36.4. The molecule has 0 aliphatic heterocycles. The third-order valence-electron chi connectivity index (χ3n) is 5.59. The van der Waals surface area contributed by atoms with E-state index in [2.05, 4.69) is 19.2 Å². The monoisotopic (exact) mass is 357 g/mol. The Bertz CT molecular complexity index is 664. The number of Topliss-reactive ketones (excluding diaryl/α,β-unsaturated/α-hetero) is 1. The van der Waals surface area contributed by atoms with Gasteiger partial charge in [0.05, 0.1) is 5.92 Å². The van der Waals surface area contributed by atoms with E-state index in [0.29, 0.717) is 30.2 Å². The van der Waals surface area contributed by atoms with Crippen LogP contribution >= 0.6 is 0 Å². The Morgan fingerprint density at radius 1 is 1.12 bits per heavy atom. The number of carbonyl (C=O) groups is 3. The molecule has 2 saturated carbocycles. The van der Waals surface area contributed by atoms with Crippen molar-refractivity contribution in [2.75, 3.05) is 11.9 Å². The molecule has 0 saturated heterocycles. The third-order valence-corrected chi connectivity index (χ3v) is 5.59. The topological polar surface area (TPSA) is 72.5 Å². The first-order valence-corrected chi connectivity index (χ1v) is 9.54. The Labute approximate surface area is 154 Å². The van der Waals surface area contributed by atoms with Gasteiger partial charge in [-0.05, 0) is 49.3 Å². The van der Waals surface area contributed by atoms with Crippen LogP contribution in [0.5, 0.6) is 0 Å². The molecule has 140 valence electrons. The van der Waals surface area contributed by atoms with Crippen molar-refractivity contribution >= 4 is 23.3 Å². The molecule has 2 aliphatic rings. The predicted octanol–water partition coefficient (Wildman–Crippen LogP) is 3.69. The second kappa shape index (κ2) is 8.02. The number of hydrogen-bond acceptors (Lipinski definition) is 4. The van der Waals surface area contributed by atoms with Crippen LogP contribution in [0.25, 0.3) is 0 Å². The number of ketones is 1. The summed E-state index contributed by atoms with van der Waals surface area (Å²) in [5.41, 5.74) is 1.89. The SMILES string of the molecule is CC(C)c1ccc(NC(=O)COC(=O)C2C[C@H]3CCC[C@H](C2)C3=O)cc1. The number of ether oxygens (including phenoxy) is 1. The lowest BCUT2D eigenvalue weighted by Gasteiger charge is -2.36. The van der Waals surface area contributed by atoms with Crippen LogP contribution < -0.4 is 5.32 Å². The van der Waals surface area contributed by atoms with E-state index >= 15 is 0 Å². The summed E-state index contributed by atoms with van der Waals surface area (Å²) in [5, 5.41) is 2.74. The van der Waals surface area contributed by atoms with Gasteiger partial charge in [0, 0.05) is 17.5 Å². The molecule has 1 aromatic carbocycles. The van der Waals surface area contributed by atoms with Gasteiger partial charge in [-0.15, -0.1) is 0 Å². The summed E-state index contributed by atoms with van der Waals surface area (Å²) < 4.78 is 5.22. The molecular weight excluding hydrogens is 330 g/mol. The maximum absolute atomic E-state index is 12.3. The number of anilines is 1. The highest BCUT2D eigenvalue weighted by Gasteiger charge is 2.41. The fourth-order valence-electron chi connectivity index (χ4n) is 4.08. The lowest BCUT2D eigenvalue weighted by molar-refractivity contribution is -0.155. The molecule has 0 radical (unpaired) electrons. The minimum Gasteiger partial charge on any atom is -0.455 e. The number of hydrogen-bond donors (Lipinski definition) is 1. The number of fused-ring (bicyclic) bond motifs is 2. The van der Waals surface area contributed by atoms with Gasteiger partial charge >= 0.3 is 5.97 Å². The molecule has 26 heavy (non-hydrogen) atoms. The van der Waals surface area contributed by atoms with Gasteiger partial charge in [-0.2, -0.15) is 0 Å². The zero-order valence-electron chi connectivity index (χ0n) is 15.5. The smallest absolute Gasteiger partial charge is 0.309 e. The maximum Gasteiger partial charge on any atom is 0.309 e. The molecule has 1 amide bonds. The first-order chi connectivity index (χ1) is 12.4. The van der Waals surface area contributed by atoms with Crippen LogP contribution in [0.3, 0.4) is 0 Å². The molecule has 5 nitrogen and oxygen atoms in total. The zero-order chi connectivity index (χ0) is 18.7. The molecular formula is C21H27NO4. The van der Waals surface area contributed by atoms with E-state index < -0.39 is 0 Å². The fraction of sp³-hybridized carbons (Fsp3) is 0.571. The average molecular weight is 357 g/mol. The van der Waals surface area contributed by atoms with Gasteiger partial charge in [0.1, 0.15) is 5.78 Å². The Kier molecular flexibility index (Phi) is 5.74. The van der Waals surface area contributed by atoms with Gasteiger partial charge in [-0.3, -0.25) is 14.4 Å². The van der Waals surface area contributed by atoms with Gasteiger partial charge in [0.2, 0.25) is 0 Å². The van der Waals surface area contributed by atoms with E-state index in [9.17, 15) is 14.4 Å². The van der Waals surface area contributed by atoms with Crippen molar-refractivity contribution in [1.29, 1.82) is 0 Å². The first-order valence-electron chi connectivity index (χ1n) is 9.54. The highest BCUT2D eigenvalue weighted by Crippen LogP contribution is 2.40. The van der Waals surface area contributed by atoms with E-state index in [1.807, 2.05) is 24.3 Å². The van der Waals surface area contributed by atoms with E-state index in [0.717, 1.165) is 19.3 Å². The number of rotatable bonds is 5. The molecule has 1 N–H and O–H groups in total. The van der Waals surface area contributed by atoms with Gasteiger partial charge in [-0.1, -0.05) is 32.4 Å². The zero-order valence-corrected chi connectivity index (χ0v) is 15.5. The van der Waals surface area contributed by atoms with Crippen LogP contribution in [0.1, 0.15) is 57.4 Å². The molecule has 2 atom stereocenters. The van der Waals surface area contributed by atoms with Crippen molar-refractivity contribution in [2.45, 2.75) is 51.9 Å². The van der Waals surface area contributed by atoms with E-state index in [4.69, 9.17) is 4.74 Å². The molecule has 2 bridgehead atoms. The van der Waals surface area contributed by atoms with Crippen LogP contribution in [-0.2, 0) is 19.1 Å². The lowest BCUT2D eigenvalue weighted by Crippen LogP contribution is -2.40. The summed E-state index contributed by atoms with van der Waals surface area (Å²) in [6.45, 7) is 3.94. The lowest BCUT2D eigenvalue weighted by atomic mass is 9.67. The minimum atomic E-state index is -0.347. The number of amides is 1. The van der Waals surface area contributed by atoms with Gasteiger partial charge in [-0.25, -0.2) is 0 Å². The number of esters is 1. The van der Waals surface area contributed by atoms with Crippen molar-refractivity contribution in [2.24, 2.45) is 17.8 Å². The van der Waals surface area contributed by atoms with Crippen molar-refractivity contribution in [1.82, 2.24) is 0 Å². The molecule has 1 aromatic rings. The highest BCUT2D eigenvalue weighted by molar-refractivity contribution is 5.93. The summed E-state index contributed by atoms with van der Waals surface area (Å²) in [5.74, 6) is -0.171. The minimum absolute atomic E-state index is 0.00773. The summed E-state index contributed by atoms with van der Waals surface area (Å²) in [6, 6.07) is 7.65. The van der Waals surface area contributed by atoms with Crippen molar-refractivity contribution in [3.8, 4) is 0 Å². The summed E-state index contributed by atoms with van der Waals surface area (Å²) in [6.07, 6.45) is 3.98. The van der Waals surface area contributed by atoms with Crippen LogP contribution in [0.2, 0.25) is 0 Å². The Morgan fingerprint density at radius 2 is 1.73 bits per heavy atom. The summed E-state index contributed by atoms with van der Waals surface area (Å²) >= 11 is 0. The van der Waals surface area contributed by atoms with Crippen LogP contribution in [0.4, 0.5) is 5.69 Å². The molecule has 0 spiro atoms. The molecule has 5 heteroatoms. The van der Waals surface area contributed by atoms with Gasteiger partial charge < -0.3 is 10.1 Å². The largest absolute Gasteiger partial charge is 0.455 e. The quantitative estimate of drug-likeness (QED) is 0.816. The molecule has 0 aromatic heterocycles. The normalized spacial score (nSPS) is 25.0. The predicted molar refractivity (Wildman–Crippen MR) is 98.7 cm³/mol. The molecule has 2 fully saturated rings.